The molecule has 0 fully saturated rings. The monoisotopic (exact) mass is 286 g/mol. The van der Waals surface area contributed by atoms with Gasteiger partial charge in [0.15, 0.2) is 0 Å². The van der Waals surface area contributed by atoms with E-state index in [1.54, 1.807) is 12.1 Å². The maximum absolute atomic E-state index is 11.8. The minimum Gasteiger partial charge on any atom is -0.465 e. The van der Waals surface area contributed by atoms with Crippen molar-refractivity contribution in [2.45, 2.75) is 0 Å². The largest absolute Gasteiger partial charge is 0.465 e. The third-order valence-electron chi connectivity index (χ3n) is 2.97. The van der Waals surface area contributed by atoms with E-state index in [9.17, 15) is 4.79 Å². The van der Waals surface area contributed by atoms with Gasteiger partial charge in [-0.3, -0.25) is 0 Å². The number of hydrogen-bond acceptors (Lipinski definition) is 5. The molecule has 2 aromatic carbocycles. The molecule has 0 amide bonds. The van der Waals surface area contributed by atoms with Gasteiger partial charge in [0.2, 0.25) is 0 Å². The van der Waals surface area contributed by atoms with Crippen LogP contribution >= 0.6 is 0 Å². The summed E-state index contributed by atoms with van der Waals surface area (Å²) in [7, 11) is 5.21. The average Bonchev–Trinajstić information content (AvgIpc) is 2.48. The quantitative estimate of drug-likeness (QED) is 0.691. The summed E-state index contributed by atoms with van der Waals surface area (Å²) in [5.74, 6) is 0.559. The van der Waals surface area contributed by atoms with Crippen LogP contribution in [0.25, 0.3) is 0 Å². The van der Waals surface area contributed by atoms with E-state index in [1.165, 1.54) is 13.2 Å². The number of rotatable bonds is 4. The summed E-state index contributed by atoms with van der Waals surface area (Å²) in [4.78, 5) is 13.8. The molecule has 0 heterocycles. The molecule has 2 aromatic rings. The first kappa shape index (κ1) is 14.7. The van der Waals surface area contributed by atoms with E-state index in [4.69, 9.17) is 15.2 Å². The Bertz CT molecular complexity index is 654. The summed E-state index contributed by atoms with van der Waals surface area (Å²) in [6.07, 6.45) is 0. The third-order valence-corrected chi connectivity index (χ3v) is 2.97. The topological polar surface area (TPSA) is 64.8 Å². The Labute approximate surface area is 123 Å². The van der Waals surface area contributed by atoms with Gasteiger partial charge in [0.1, 0.15) is 17.1 Å². The van der Waals surface area contributed by atoms with E-state index in [2.05, 4.69) is 0 Å². The summed E-state index contributed by atoms with van der Waals surface area (Å²) >= 11 is 0. The van der Waals surface area contributed by atoms with E-state index in [0.717, 1.165) is 5.69 Å². The number of ether oxygens (including phenoxy) is 2. The molecule has 0 radical (unpaired) electrons. The van der Waals surface area contributed by atoms with Crippen molar-refractivity contribution in [3.05, 3.63) is 48.0 Å². The van der Waals surface area contributed by atoms with Crippen LogP contribution in [0.3, 0.4) is 0 Å². The van der Waals surface area contributed by atoms with Gasteiger partial charge in [0, 0.05) is 31.5 Å². The molecule has 0 spiro atoms. The predicted molar refractivity (Wildman–Crippen MR) is 83.0 cm³/mol. The van der Waals surface area contributed by atoms with Crippen molar-refractivity contribution in [2.75, 3.05) is 31.8 Å². The fraction of sp³-hybridized carbons (Fsp3) is 0.188. The van der Waals surface area contributed by atoms with E-state index < -0.39 is 5.97 Å². The number of nitrogens with two attached hydrogens (primary N) is 1. The van der Waals surface area contributed by atoms with Gasteiger partial charge in [-0.25, -0.2) is 4.79 Å². The van der Waals surface area contributed by atoms with E-state index >= 15 is 0 Å². The molecule has 5 heteroatoms. The normalized spacial score (nSPS) is 10.0. The minimum absolute atomic E-state index is 0.299. The molecule has 0 bridgehead atoms. The zero-order chi connectivity index (χ0) is 15.4. The second-order valence-electron chi connectivity index (χ2n) is 4.74. The van der Waals surface area contributed by atoms with Crippen LogP contribution in [-0.2, 0) is 4.74 Å². The van der Waals surface area contributed by atoms with Gasteiger partial charge >= 0.3 is 5.97 Å². The molecular weight excluding hydrogens is 268 g/mol. The molecule has 0 saturated heterocycles. The molecular formula is C16H18N2O3. The number of anilines is 2. The Morgan fingerprint density at radius 2 is 1.90 bits per heavy atom. The fourth-order valence-corrected chi connectivity index (χ4v) is 1.86. The van der Waals surface area contributed by atoms with Crippen LogP contribution in [0.1, 0.15) is 10.4 Å². The summed E-state index contributed by atoms with van der Waals surface area (Å²) in [6, 6.07) is 12.4. The molecule has 0 aliphatic rings. The van der Waals surface area contributed by atoms with Gasteiger partial charge < -0.3 is 20.1 Å². The minimum atomic E-state index is -0.485. The van der Waals surface area contributed by atoms with Gasteiger partial charge in [-0.1, -0.05) is 6.07 Å². The van der Waals surface area contributed by atoms with Crippen molar-refractivity contribution in [3.8, 4) is 11.5 Å². The van der Waals surface area contributed by atoms with Crippen molar-refractivity contribution in [1.29, 1.82) is 0 Å². The Morgan fingerprint density at radius 3 is 2.57 bits per heavy atom. The van der Waals surface area contributed by atoms with E-state index in [-0.39, 0.29) is 0 Å². The lowest BCUT2D eigenvalue weighted by Crippen LogP contribution is -2.08. The van der Waals surface area contributed by atoms with Crippen molar-refractivity contribution in [2.24, 2.45) is 0 Å². The molecule has 0 aromatic heterocycles. The third kappa shape index (κ3) is 3.45. The highest BCUT2D eigenvalue weighted by Crippen LogP contribution is 2.29. The maximum Gasteiger partial charge on any atom is 0.341 e. The maximum atomic E-state index is 11.8. The standard InChI is InChI=1S/C16H18N2O3/c1-18(2)12-5-4-6-13(10-12)21-15-8-7-11(17)9-14(15)16(19)20-3/h4-10H,17H2,1-3H3. The Kier molecular flexibility index (Phi) is 4.33. The lowest BCUT2D eigenvalue weighted by molar-refractivity contribution is 0.0598. The van der Waals surface area contributed by atoms with Gasteiger partial charge in [-0.2, -0.15) is 0 Å². The van der Waals surface area contributed by atoms with E-state index in [1.807, 2.05) is 43.3 Å². The van der Waals surface area contributed by atoms with Crippen LogP contribution in [0.15, 0.2) is 42.5 Å². The van der Waals surface area contributed by atoms with Crippen molar-refractivity contribution in [1.82, 2.24) is 0 Å². The first-order chi connectivity index (χ1) is 10.0. The Balaban J connectivity index is 2.35. The van der Waals surface area contributed by atoms with Gasteiger partial charge in [0.05, 0.1) is 7.11 Å². The number of nitrogen functional groups attached to an aromatic ring is 1. The number of carbonyl (C=O) groups is 1. The van der Waals surface area contributed by atoms with Crippen LogP contribution in [0.5, 0.6) is 11.5 Å². The second kappa shape index (κ2) is 6.17. The van der Waals surface area contributed by atoms with Crippen molar-refractivity contribution >= 4 is 17.3 Å². The van der Waals surface area contributed by atoms with Crippen LogP contribution in [-0.4, -0.2) is 27.2 Å². The van der Waals surface area contributed by atoms with Gasteiger partial charge in [-0.05, 0) is 30.3 Å². The molecule has 0 atom stereocenters. The van der Waals surface area contributed by atoms with Crippen LogP contribution < -0.4 is 15.4 Å². The first-order valence-electron chi connectivity index (χ1n) is 6.44. The molecule has 0 aliphatic heterocycles. The highest BCUT2D eigenvalue weighted by atomic mass is 16.5. The molecule has 0 saturated carbocycles. The van der Waals surface area contributed by atoms with Crippen LogP contribution in [0.2, 0.25) is 0 Å². The highest BCUT2D eigenvalue weighted by Gasteiger charge is 2.14. The number of esters is 1. The Morgan fingerprint density at radius 1 is 1.14 bits per heavy atom. The van der Waals surface area contributed by atoms with Gasteiger partial charge in [0.25, 0.3) is 0 Å². The van der Waals surface area contributed by atoms with Crippen LogP contribution in [0, 0.1) is 0 Å². The molecule has 21 heavy (non-hydrogen) atoms. The van der Waals surface area contributed by atoms with Gasteiger partial charge in [-0.15, -0.1) is 0 Å². The number of methoxy groups -OCH3 is 1. The number of carbonyl (C=O) groups excluding carboxylic acids is 1. The van der Waals surface area contributed by atoms with Crippen molar-refractivity contribution in [3.63, 3.8) is 0 Å². The van der Waals surface area contributed by atoms with E-state index in [0.29, 0.717) is 22.7 Å². The molecule has 0 unspecified atom stereocenters. The smallest absolute Gasteiger partial charge is 0.341 e. The molecule has 5 nitrogen and oxygen atoms in total. The summed E-state index contributed by atoms with van der Waals surface area (Å²) < 4.78 is 10.5. The lowest BCUT2D eigenvalue weighted by atomic mass is 10.2. The summed E-state index contributed by atoms with van der Waals surface area (Å²) in [5.41, 5.74) is 7.49. The molecule has 110 valence electrons. The predicted octanol–water partition coefficient (Wildman–Crippen LogP) is 2.91. The zero-order valence-corrected chi connectivity index (χ0v) is 12.3. The zero-order valence-electron chi connectivity index (χ0n) is 12.3. The highest BCUT2D eigenvalue weighted by molar-refractivity contribution is 5.93. The summed E-state index contributed by atoms with van der Waals surface area (Å²) in [6.45, 7) is 0. The summed E-state index contributed by atoms with van der Waals surface area (Å²) in [5, 5.41) is 0. The molecule has 2 N–H and O–H groups in total. The Hall–Kier alpha value is -2.69. The second-order valence-corrected chi connectivity index (χ2v) is 4.74. The number of benzene rings is 2. The molecule has 0 aliphatic carbocycles. The SMILES string of the molecule is COC(=O)c1cc(N)ccc1Oc1cccc(N(C)C)c1. The van der Waals surface area contributed by atoms with Crippen molar-refractivity contribution < 1.29 is 14.3 Å². The number of nitrogens with zero attached hydrogens (tertiary/aromatic N) is 1. The average molecular weight is 286 g/mol. The van der Waals surface area contributed by atoms with Crippen LogP contribution in [0.4, 0.5) is 11.4 Å². The number of hydrogen-bond donors (Lipinski definition) is 1. The lowest BCUT2D eigenvalue weighted by Gasteiger charge is -2.15. The molecule has 2 rings (SSSR count). The fourth-order valence-electron chi connectivity index (χ4n) is 1.86. The first-order valence-corrected chi connectivity index (χ1v) is 6.44.